The Labute approximate surface area is 106 Å². The molecule has 0 fully saturated rings. The summed E-state index contributed by atoms with van der Waals surface area (Å²) in [6, 6.07) is 3.80. The van der Waals surface area contributed by atoms with Crippen molar-refractivity contribution in [3.63, 3.8) is 0 Å². The molecule has 0 unspecified atom stereocenters. The maximum Gasteiger partial charge on any atom is 0.338 e. The molecule has 0 amide bonds. The zero-order valence-corrected chi connectivity index (χ0v) is 9.49. The fourth-order valence-corrected chi connectivity index (χ4v) is 1.56. The van der Waals surface area contributed by atoms with Crippen molar-refractivity contribution in [3.8, 4) is 0 Å². The fraction of sp³-hybridized carbons (Fsp3) is 0.0909. The first-order chi connectivity index (χ1) is 8.99. The van der Waals surface area contributed by atoms with Crippen LogP contribution in [0.25, 0.3) is 0 Å². The molecule has 98 valence electrons. The number of aromatic nitrogens is 2. The highest BCUT2D eigenvalue weighted by Crippen LogP contribution is 2.20. The number of carboxylic acid groups (broad SMARTS) is 1. The second-order valence-corrected chi connectivity index (χ2v) is 3.74. The summed E-state index contributed by atoms with van der Waals surface area (Å²) >= 11 is 0. The molecule has 0 saturated carbocycles. The maximum absolute atomic E-state index is 13.8. The number of nitro benzene ring substituents is 1. The predicted molar refractivity (Wildman–Crippen MR) is 61.3 cm³/mol. The summed E-state index contributed by atoms with van der Waals surface area (Å²) in [5.74, 6) is -2.09. The minimum Gasteiger partial charge on any atom is -0.478 e. The molecular formula is C11H8FN3O4. The van der Waals surface area contributed by atoms with Crippen molar-refractivity contribution in [3.05, 3.63) is 57.7 Å². The summed E-state index contributed by atoms with van der Waals surface area (Å²) in [4.78, 5) is 20.4. The van der Waals surface area contributed by atoms with Gasteiger partial charge in [0.1, 0.15) is 0 Å². The van der Waals surface area contributed by atoms with Crippen LogP contribution in [-0.2, 0) is 6.54 Å². The molecule has 0 aliphatic rings. The fourth-order valence-electron chi connectivity index (χ4n) is 1.56. The van der Waals surface area contributed by atoms with Crippen LogP contribution in [0, 0.1) is 15.9 Å². The van der Waals surface area contributed by atoms with Gasteiger partial charge in [-0.3, -0.25) is 14.8 Å². The lowest BCUT2D eigenvalue weighted by Gasteiger charge is -2.03. The van der Waals surface area contributed by atoms with E-state index in [1.807, 2.05) is 0 Å². The van der Waals surface area contributed by atoms with E-state index in [2.05, 4.69) is 5.10 Å². The number of rotatable bonds is 4. The Morgan fingerprint density at radius 3 is 2.84 bits per heavy atom. The lowest BCUT2D eigenvalue weighted by Crippen LogP contribution is -2.04. The molecule has 0 aliphatic heterocycles. The Balaban J connectivity index is 2.30. The van der Waals surface area contributed by atoms with Crippen molar-refractivity contribution in [2.75, 3.05) is 0 Å². The number of benzene rings is 1. The summed E-state index contributed by atoms with van der Waals surface area (Å²) in [6.45, 7) is -0.0825. The molecule has 0 bridgehead atoms. The molecule has 19 heavy (non-hydrogen) atoms. The normalized spacial score (nSPS) is 10.4. The third-order valence-electron chi connectivity index (χ3n) is 2.47. The van der Waals surface area contributed by atoms with Crippen LogP contribution >= 0.6 is 0 Å². The molecule has 0 saturated heterocycles. The number of nitrogens with zero attached hydrogens (tertiary/aromatic N) is 3. The second kappa shape index (κ2) is 4.84. The minimum atomic E-state index is -1.15. The van der Waals surface area contributed by atoms with Crippen LogP contribution in [0.15, 0.2) is 30.6 Å². The molecule has 1 aromatic carbocycles. The van der Waals surface area contributed by atoms with Gasteiger partial charge < -0.3 is 5.11 Å². The van der Waals surface area contributed by atoms with E-state index in [9.17, 15) is 19.3 Å². The van der Waals surface area contributed by atoms with E-state index in [-0.39, 0.29) is 17.7 Å². The van der Waals surface area contributed by atoms with Gasteiger partial charge in [0.15, 0.2) is 0 Å². The third-order valence-corrected chi connectivity index (χ3v) is 2.47. The predicted octanol–water partition coefficient (Wildman–Crippen LogP) is 1.68. The van der Waals surface area contributed by atoms with Gasteiger partial charge in [0.25, 0.3) is 0 Å². The standard InChI is InChI=1S/C11H8FN3O4/c12-10-7(2-1-3-9(10)15(18)19)5-14-6-8(4-13-14)11(16)17/h1-4,6H,5H2,(H,16,17). The Bertz CT molecular complexity index is 653. The largest absolute Gasteiger partial charge is 0.478 e. The number of hydrogen-bond acceptors (Lipinski definition) is 4. The van der Waals surface area contributed by atoms with Crippen LogP contribution < -0.4 is 0 Å². The van der Waals surface area contributed by atoms with E-state index in [4.69, 9.17) is 5.11 Å². The minimum absolute atomic E-state index is 0.0363. The summed E-state index contributed by atoms with van der Waals surface area (Å²) < 4.78 is 15.0. The SMILES string of the molecule is O=C(O)c1cnn(Cc2cccc([N+](=O)[O-])c2F)c1. The number of halogens is 1. The van der Waals surface area contributed by atoms with Gasteiger partial charge in [0.05, 0.1) is 23.2 Å². The maximum atomic E-state index is 13.8. The Morgan fingerprint density at radius 1 is 1.53 bits per heavy atom. The van der Waals surface area contributed by atoms with Crippen molar-refractivity contribution in [1.29, 1.82) is 0 Å². The average Bonchev–Trinajstić information content (AvgIpc) is 2.80. The van der Waals surface area contributed by atoms with E-state index >= 15 is 0 Å². The first kappa shape index (κ1) is 12.7. The molecule has 0 spiro atoms. The van der Waals surface area contributed by atoms with Crippen molar-refractivity contribution in [2.24, 2.45) is 0 Å². The van der Waals surface area contributed by atoms with Crippen LogP contribution in [0.4, 0.5) is 10.1 Å². The topological polar surface area (TPSA) is 98.3 Å². The number of carbonyl (C=O) groups is 1. The first-order valence-electron chi connectivity index (χ1n) is 5.16. The van der Waals surface area contributed by atoms with Crippen molar-refractivity contribution in [2.45, 2.75) is 6.54 Å². The summed E-state index contributed by atoms with van der Waals surface area (Å²) in [7, 11) is 0. The van der Waals surface area contributed by atoms with Gasteiger partial charge in [-0.25, -0.2) is 4.79 Å². The summed E-state index contributed by atoms with van der Waals surface area (Å²) in [6.07, 6.45) is 2.35. The summed E-state index contributed by atoms with van der Waals surface area (Å²) in [5, 5.41) is 23.1. The molecule has 1 N–H and O–H groups in total. The zero-order valence-electron chi connectivity index (χ0n) is 9.49. The second-order valence-electron chi connectivity index (χ2n) is 3.74. The van der Waals surface area contributed by atoms with Gasteiger partial charge in [-0.1, -0.05) is 12.1 Å². The number of hydrogen-bond donors (Lipinski definition) is 1. The Hall–Kier alpha value is -2.77. The lowest BCUT2D eigenvalue weighted by molar-refractivity contribution is -0.387. The molecule has 8 heteroatoms. The Kier molecular flexibility index (Phi) is 3.23. The van der Waals surface area contributed by atoms with Crippen LogP contribution in [0.5, 0.6) is 0 Å². The quantitative estimate of drug-likeness (QED) is 0.669. The molecule has 1 heterocycles. The molecule has 0 radical (unpaired) electrons. The van der Waals surface area contributed by atoms with Crippen LogP contribution in [0.2, 0.25) is 0 Å². The third kappa shape index (κ3) is 2.57. The van der Waals surface area contributed by atoms with E-state index in [1.165, 1.54) is 23.0 Å². The monoisotopic (exact) mass is 265 g/mol. The highest BCUT2D eigenvalue weighted by atomic mass is 19.1. The molecule has 7 nitrogen and oxygen atoms in total. The first-order valence-corrected chi connectivity index (χ1v) is 5.16. The highest BCUT2D eigenvalue weighted by molar-refractivity contribution is 5.86. The molecule has 2 rings (SSSR count). The van der Waals surface area contributed by atoms with E-state index in [0.29, 0.717) is 0 Å². The van der Waals surface area contributed by atoms with Crippen molar-refractivity contribution < 1.29 is 19.2 Å². The highest BCUT2D eigenvalue weighted by Gasteiger charge is 2.17. The van der Waals surface area contributed by atoms with Crippen molar-refractivity contribution in [1.82, 2.24) is 9.78 Å². The van der Waals surface area contributed by atoms with Gasteiger partial charge in [-0.2, -0.15) is 9.49 Å². The number of carboxylic acids is 1. The molecule has 2 aromatic rings. The van der Waals surface area contributed by atoms with E-state index < -0.39 is 22.4 Å². The molecule has 0 aliphatic carbocycles. The van der Waals surface area contributed by atoms with Crippen LogP contribution in [-0.4, -0.2) is 25.8 Å². The van der Waals surface area contributed by atoms with Gasteiger partial charge in [-0.05, 0) is 0 Å². The zero-order chi connectivity index (χ0) is 14.0. The van der Waals surface area contributed by atoms with Gasteiger partial charge >= 0.3 is 11.7 Å². The molecular weight excluding hydrogens is 257 g/mol. The average molecular weight is 265 g/mol. The smallest absolute Gasteiger partial charge is 0.338 e. The molecule has 1 aromatic heterocycles. The van der Waals surface area contributed by atoms with Gasteiger partial charge in [-0.15, -0.1) is 0 Å². The van der Waals surface area contributed by atoms with E-state index in [0.717, 1.165) is 12.3 Å². The van der Waals surface area contributed by atoms with Crippen LogP contribution in [0.3, 0.4) is 0 Å². The van der Waals surface area contributed by atoms with Crippen LogP contribution in [0.1, 0.15) is 15.9 Å². The number of aromatic carboxylic acids is 1. The lowest BCUT2D eigenvalue weighted by atomic mass is 10.2. The molecule has 0 atom stereocenters. The summed E-state index contributed by atoms with van der Waals surface area (Å²) in [5.41, 5.74) is -0.594. The van der Waals surface area contributed by atoms with Gasteiger partial charge in [0.2, 0.25) is 5.82 Å². The Morgan fingerprint density at radius 2 is 2.26 bits per heavy atom. The van der Waals surface area contributed by atoms with Gasteiger partial charge in [0, 0.05) is 17.8 Å². The number of nitro groups is 1. The van der Waals surface area contributed by atoms with Crippen molar-refractivity contribution >= 4 is 11.7 Å². The van der Waals surface area contributed by atoms with E-state index in [1.54, 1.807) is 0 Å².